The van der Waals surface area contributed by atoms with E-state index in [9.17, 15) is 18.0 Å². The molecule has 0 radical (unpaired) electrons. The highest BCUT2D eigenvalue weighted by molar-refractivity contribution is 5.78. The lowest BCUT2D eigenvalue weighted by molar-refractivity contribution is -0.139. The monoisotopic (exact) mass is 268 g/mol. The number of nitrogens with one attached hydrogen (secondary N) is 1. The summed E-state index contributed by atoms with van der Waals surface area (Å²) in [6.45, 7) is 0.838. The standard InChI is InChI=1S/C11H19F3N2O2/c1-18-7-9-3-2-4-16(5-9)6-10(17)15-8-11(12,13)14/h9H,2-8H2,1H3,(H,15,17)/t9-/m0/s1. The van der Waals surface area contributed by atoms with Crippen LogP contribution in [0.3, 0.4) is 0 Å². The number of amides is 1. The molecular weight excluding hydrogens is 249 g/mol. The Labute approximate surface area is 104 Å². The Morgan fingerprint density at radius 1 is 1.50 bits per heavy atom. The Hall–Kier alpha value is -0.820. The summed E-state index contributed by atoms with van der Waals surface area (Å²) in [6.07, 6.45) is -2.37. The maximum absolute atomic E-state index is 11.9. The van der Waals surface area contributed by atoms with Crippen molar-refractivity contribution in [2.24, 2.45) is 5.92 Å². The second-order valence-electron chi connectivity index (χ2n) is 4.59. The van der Waals surface area contributed by atoms with Gasteiger partial charge in [-0.2, -0.15) is 13.2 Å². The van der Waals surface area contributed by atoms with E-state index in [4.69, 9.17) is 4.74 Å². The molecular formula is C11H19F3N2O2. The SMILES string of the molecule is COC[C@H]1CCCN(CC(=O)NCC(F)(F)F)C1. The van der Waals surface area contributed by atoms with E-state index in [-0.39, 0.29) is 6.54 Å². The van der Waals surface area contributed by atoms with Crippen molar-refractivity contribution in [2.75, 3.05) is 39.9 Å². The van der Waals surface area contributed by atoms with Crippen molar-refractivity contribution < 1.29 is 22.7 Å². The zero-order valence-corrected chi connectivity index (χ0v) is 10.4. The van der Waals surface area contributed by atoms with Crippen molar-refractivity contribution in [1.82, 2.24) is 10.2 Å². The summed E-state index contributed by atoms with van der Waals surface area (Å²) in [5, 5.41) is 1.88. The second kappa shape index (κ2) is 6.94. The lowest BCUT2D eigenvalue weighted by Crippen LogP contribution is -2.45. The van der Waals surface area contributed by atoms with Crippen LogP contribution in [-0.4, -0.2) is 56.9 Å². The third kappa shape index (κ3) is 6.20. The molecule has 0 aromatic heterocycles. The van der Waals surface area contributed by atoms with Crippen LogP contribution in [-0.2, 0) is 9.53 Å². The summed E-state index contributed by atoms with van der Waals surface area (Å²) in [5.74, 6) is -0.218. The highest BCUT2D eigenvalue weighted by Crippen LogP contribution is 2.16. The number of hydrogen-bond acceptors (Lipinski definition) is 3. The number of carbonyl (C=O) groups is 1. The molecule has 0 bridgehead atoms. The van der Waals surface area contributed by atoms with Crippen LogP contribution in [0.5, 0.6) is 0 Å². The Kier molecular flexibility index (Phi) is 5.87. The number of piperidine rings is 1. The first kappa shape index (κ1) is 15.2. The lowest BCUT2D eigenvalue weighted by Gasteiger charge is -2.31. The Morgan fingerprint density at radius 3 is 2.83 bits per heavy atom. The molecule has 4 nitrogen and oxygen atoms in total. The molecule has 1 heterocycles. The van der Waals surface area contributed by atoms with Gasteiger partial charge in [0.15, 0.2) is 0 Å². The smallest absolute Gasteiger partial charge is 0.384 e. The van der Waals surface area contributed by atoms with E-state index in [2.05, 4.69) is 0 Å². The number of halogens is 3. The van der Waals surface area contributed by atoms with Crippen LogP contribution in [0.4, 0.5) is 13.2 Å². The average molecular weight is 268 g/mol. The summed E-state index contributed by atoms with van der Waals surface area (Å²) in [7, 11) is 1.62. The van der Waals surface area contributed by atoms with Crippen LogP contribution in [0.25, 0.3) is 0 Å². The van der Waals surface area contributed by atoms with E-state index in [0.29, 0.717) is 19.1 Å². The van der Waals surface area contributed by atoms with Gasteiger partial charge in [-0.25, -0.2) is 0 Å². The molecule has 1 N–H and O–H groups in total. The summed E-state index contributed by atoms with van der Waals surface area (Å²) in [4.78, 5) is 13.2. The van der Waals surface area contributed by atoms with Crippen LogP contribution in [0.15, 0.2) is 0 Å². The molecule has 0 aromatic carbocycles. The summed E-state index contributed by atoms with van der Waals surface area (Å²) in [5.41, 5.74) is 0. The van der Waals surface area contributed by atoms with Crippen molar-refractivity contribution in [3.05, 3.63) is 0 Å². The minimum absolute atomic E-state index is 0.0241. The fraction of sp³-hybridized carbons (Fsp3) is 0.909. The van der Waals surface area contributed by atoms with E-state index < -0.39 is 18.6 Å². The first-order valence-electron chi connectivity index (χ1n) is 5.95. The molecule has 0 aliphatic carbocycles. The third-order valence-corrected chi connectivity index (χ3v) is 2.86. The molecule has 106 valence electrons. The summed E-state index contributed by atoms with van der Waals surface area (Å²) in [6, 6.07) is 0. The Bertz CT molecular complexity index is 270. The van der Waals surface area contributed by atoms with Gasteiger partial charge in [-0.1, -0.05) is 0 Å². The van der Waals surface area contributed by atoms with Gasteiger partial charge < -0.3 is 10.1 Å². The number of rotatable bonds is 5. The average Bonchev–Trinajstić information content (AvgIpc) is 2.26. The topological polar surface area (TPSA) is 41.6 Å². The minimum Gasteiger partial charge on any atom is -0.384 e. The number of alkyl halides is 3. The number of methoxy groups -OCH3 is 1. The fourth-order valence-corrected chi connectivity index (χ4v) is 2.12. The summed E-state index contributed by atoms with van der Waals surface area (Å²) < 4.78 is 40.8. The summed E-state index contributed by atoms with van der Waals surface area (Å²) >= 11 is 0. The van der Waals surface area contributed by atoms with Crippen LogP contribution < -0.4 is 5.32 Å². The number of likely N-dealkylation sites (tertiary alicyclic amines) is 1. The van der Waals surface area contributed by atoms with E-state index in [1.54, 1.807) is 7.11 Å². The molecule has 0 spiro atoms. The molecule has 7 heteroatoms. The molecule has 0 unspecified atom stereocenters. The molecule has 1 saturated heterocycles. The number of nitrogens with zero attached hydrogens (tertiary/aromatic N) is 1. The number of ether oxygens (including phenoxy) is 1. The molecule has 1 fully saturated rings. The van der Waals surface area contributed by atoms with Gasteiger partial charge in [0.05, 0.1) is 13.2 Å². The maximum atomic E-state index is 11.9. The Balaban J connectivity index is 2.26. The fourth-order valence-electron chi connectivity index (χ4n) is 2.12. The van der Waals surface area contributed by atoms with Crippen molar-refractivity contribution in [3.8, 4) is 0 Å². The predicted octanol–water partition coefficient (Wildman–Crippen LogP) is 1.02. The number of hydrogen-bond donors (Lipinski definition) is 1. The normalized spacial score (nSPS) is 21.9. The van der Waals surface area contributed by atoms with Gasteiger partial charge in [-0.15, -0.1) is 0 Å². The second-order valence-corrected chi connectivity index (χ2v) is 4.59. The van der Waals surface area contributed by atoms with E-state index >= 15 is 0 Å². The molecule has 1 aliphatic heterocycles. The van der Waals surface area contributed by atoms with Crippen LogP contribution in [0, 0.1) is 5.92 Å². The van der Waals surface area contributed by atoms with Crippen molar-refractivity contribution in [1.29, 1.82) is 0 Å². The van der Waals surface area contributed by atoms with Crippen molar-refractivity contribution in [2.45, 2.75) is 19.0 Å². The van der Waals surface area contributed by atoms with Gasteiger partial charge in [-0.05, 0) is 25.3 Å². The molecule has 1 aliphatic rings. The van der Waals surface area contributed by atoms with Gasteiger partial charge in [0.2, 0.25) is 5.91 Å². The largest absolute Gasteiger partial charge is 0.405 e. The zero-order chi connectivity index (χ0) is 13.6. The zero-order valence-electron chi connectivity index (χ0n) is 10.4. The van der Waals surface area contributed by atoms with Crippen molar-refractivity contribution >= 4 is 5.91 Å². The van der Waals surface area contributed by atoms with Crippen LogP contribution in [0.2, 0.25) is 0 Å². The van der Waals surface area contributed by atoms with Gasteiger partial charge in [0.25, 0.3) is 0 Å². The molecule has 1 amide bonds. The predicted molar refractivity (Wildman–Crippen MR) is 60.1 cm³/mol. The maximum Gasteiger partial charge on any atom is 0.405 e. The molecule has 1 atom stereocenters. The van der Waals surface area contributed by atoms with E-state index in [1.807, 2.05) is 10.2 Å². The van der Waals surface area contributed by atoms with Crippen LogP contribution >= 0.6 is 0 Å². The Morgan fingerprint density at radius 2 is 2.22 bits per heavy atom. The third-order valence-electron chi connectivity index (χ3n) is 2.86. The molecule has 0 saturated carbocycles. The quantitative estimate of drug-likeness (QED) is 0.809. The van der Waals surface area contributed by atoms with Crippen LogP contribution in [0.1, 0.15) is 12.8 Å². The van der Waals surface area contributed by atoms with Gasteiger partial charge >= 0.3 is 6.18 Å². The lowest BCUT2D eigenvalue weighted by atomic mass is 9.99. The molecule has 1 rings (SSSR count). The van der Waals surface area contributed by atoms with Gasteiger partial charge in [0.1, 0.15) is 6.54 Å². The first-order valence-corrected chi connectivity index (χ1v) is 5.95. The highest BCUT2D eigenvalue weighted by Gasteiger charge is 2.28. The van der Waals surface area contributed by atoms with Gasteiger partial charge in [-0.3, -0.25) is 9.69 Å². The van der Waals surface area contributed by atoms with Crippen molar-refractivity contribution in [3.63, 3.8) is 0 Å². The van der Waals surface area contributed by atoms with E-state index in [1.165, 1.54) is 0 Å². The molecule has 0 aromatic rings. The highest BCUT2D eigenvalue weighted by atomic mass is 19.4. The van der Waals surface area contributed by atoms with Gasteiger partial charge in [0, 0.05) is 13.7 Å². The first-order chi connectivity index (χ1) is 8.40. The molecule has 18 heavy (non-hydrogen) atoms. The minimum atomic E-state index is -4.35. The van der Waals surface area contributed by atoms with E-state index in [0.717, 1.165) is 19.4 Å². The number of carbonyl (C=O) groups excluding carboxylic acids is 1.